The fourth-order valence-corrected chi connectivity index (χ4v) is 1.59. The van der Waals surface area contributed by atoms with Gasteiger partial charge < -0.3 is 5.73 Å². The first-order valence-corrected chi connectivity index (χ1v) is 5.36. The number of aromatic nitrogens is 2. The van der Waals surface area contributed by atoms with E-state index >= 15 is 0 Å². The lowest BCUT2D eigenvalue weighted by Gasteiger charge is -2.04. The van der Waals surface area contributed by atoms with Gasteiger partial charge in [0.15, 0.2) is 0 Å². The first kappa shape index (κ1) is 11.0. The van der Waals surface area contributed by atoms with Crippen LogP contribution in [0.4, 0.5) is 0 Å². The zero-order valence-corrected chi connectivity index (χ0v) is 9.70. The highest BCUT2D eigenvalue weighted by molar-refractivity contribution is 6.31. The molecule has 0 aliphatic heterocycles. The van der Waals surface area contributed by atoms with Crippen molar-refractivity contribution in [2.45, 2.75) is 13.5 Å². The molecule has 0 saturated carbocycles. The predicted molar refractivity (Wildman–Crippen MR) is 65.1 cm³/mol. The first-order chi connectivity index (χ1) is 7.70. The van der Waals surface area contributed by atoms with Gasteiger partial charge in [-0.2, -0.15) is 0 Å². The Balaban J connectivity index is 2.46. The van der Waals surface area contributed by atoms with E-state index in [0.29, 0.717) is 6.54 Å². The van der Waals surface area contributed by atoms with E-state index in [1.165, 1.54) is 6.33 Å². The van der Waals surface area contributed by atoms with Crippen molar-refractivity contribution in [3.8, 4) is 11.3 Å². The zero-order chi connectivity index (χ0) is 11.5. The van der Waals surface area contributed by atoms with Crippen LogP contribution in [0.25, 0.3) is 11.3 Å². The summed E-state index contributed by atoms with van der Waals surface area (Å²) < 4.78 is 0. The Bertz CT molecular complexity index is 511. The topological polar surface area (TPSA) is 51.8 Å². The largest absolute Gasteiger partial charge is 0.325 e. The van der Waals surface area contributed by atoms with Crippen LogP contribution in [0.15, 0.2) is 30.6 Å². The molecule has 2 aromatic rings. The SMILES string of the molecule is Cc1cc(-c2cc(CN)ncn2)ccc1Cl. The molecule has 0 aliphatic carbocycles. The molecular formula is C12H12ClN3. The van der Waals surface area contributed by atoms with Crippen molar-refractivity contribution in [3.63, 3.8) is 0 Å². The van der Waals surface area contributed by atoms with Gasteiger partial charge in [0.25, 0.3) is 0 Å². The van der Waals surface area contributed by atoms with Crippen molar-refractivity contribution in [2.24, 2.45) is 5.73 Å². The van der Waals surface area contributed by atoms with Crippen LogP contribution in [0.1, 0.15) is 11.3 Å². The lowest BCUT2D eigenvalue weighted by atomic mass is 10.1. The second-order valence-electron chi connectivity index (χ2n) is 3.56. The summed E-state index contributed by atoms with van der Waals surface area (Å²) >= 11 is 5.97. The van der Waals surface area contributed by atoms with Crippen LogP contribution < -0.4 is 5.73 Å². The lowest BCUT2D eigenvalue weighted by Crippen LogP contribution is -2.00. The standard InChI is InChI=1S/C12H12ClN3/c1-8-4-9(2-3-11(8)13)12-5-10(6-14)15-7-16-12/h2-5,7H,6,14H2,1H3. The molecule has 1 aromatic heterocycles. The van der Waals surface area contributed by atoms with Crippen molar-refractivity contribution in [1.29, 1.82) is 0 Å². The predicted octanol–water partition coefficient (Wildman–Crippen LogP) is 2.56. The van der Waals surface area contributed by atoms with E-state index in [-0.39, 0.29) is 0 Å². The second kappa shape index (κ2) is 4.60. The Morgan fingerprint density at radius 3 is 2.75 bits per heavy atom. The summed E-state index contributed by atoms with van der Waals surface area (Å²) in [4.78, 5) is 8.28. The van der Waals surface area contributed by atoms with Gasteiger partial charge in [0, 0.05) is 17.1 Å². The monoisotopic (exact) mass is 233 g/mol. The average Bonchev–Trinajstić information content (AvgIpc) is 2.33. The van der Waals surface area contributed by atoms with Gasteiger partial charge in [-0.3, -0.25) is 0 Å². The molecule has 16 heavy (non-hydrogen) atoms. The number of nitrogens with zero attached hydrogens (tertiary/aromatic N) is 2. The summed E-state index contributed by atoms with van der Waals surface area (Å²) in [7, 11) is 0. The highest BCUT2D eigenvalue weighted by Gasteiger charge is 2.03. The summed E-state index contributed by atoms with van der Waals surface area (Å²) in [5, 5.41) is 0.761. The summed E-state index contributed by atoms with van der Waals surface area (Å²) in [5.41, 5.74) is 9.30. The number of aryl methyl sites for hydroxylation is 1. The molecule has 2 rings (SSSR count). The molecule has 0 spiro atoms. The summed E-state index contributed by atoms with van der Waals surface area (Å²) in [6.07, 6.45) is 1.53. The molecule has 1 aromatic carbocycles. The smallest absolute Gasteiger partial charge is 0.116 e. The van der Waals surface area contributed by atoms with Crippen molar-refractivity contribution in [3.05, 3.63) is 46.9 Å². The van der Waals surface area contributed by atoms with E-state index in [4.69, 9.17) is 17.3 Å². The summed E-state index contributed by atoms with van der Waals surface area (Å²) in [6.45, 7) is 2.39. The maximum absolute atomic E-state index is 5.97. The number of hydrogen-bond donors (Lipinski definition) is 1. The van der Waals surface area contributed by atoms with E-state index in [0.717, 1.165) is 27.5 Å². The van der Waals surface area contributed by atoms with Crippen molar-refractivity contribution >= 4 is 11.6 Å². The number of nitrogens with two attached hydrogens (primary N) is 1. The van der Waals surface area contributed by atoms with Gasteiger partial charge in [0.05, 0.1) is 11.4 Å². The molecule has 82 valence electrons. The average molecular weight is 234 g/mol. The van der Waals surface area contributed by atoms with E-state index in [9.17, 15) is 0 Å². The molecule has 0 atom stereocenters. The minimum atomic E-state index is 0.419. The molecule has 2 N–H and O–H groups in total. The number of hydrogen-bond acceptors (Lipinski definition) is 3. The Morgan fingerprint density at radius 2 is 2.06 bits per heavy atom. The highest BCUT2D eigenvalue weighted by Crippen LogP contribution is 2.23. The Morgan fingerprint density at radius 1 is 1.25 bits per heavy atom. The summed E-state index contributed by atoms with van der Waals surface area (Å²) in [5.74, 6) is 0. The molecule has 0 aliphatic rings. The van der Waals surface area contributed by atoms with Crippen molar-refractivity contribution in [1.82, 2.24) is 9.97 Å². The molecule has 0 bridgehead atoms. The lowest BCUT2D eigenvalue weighted by molar-refractivity contribution is 0.966. The normalized spacial score (nSPS) is 10.4. The first-order valence-electron chi connectivity index (χ1n) is 4.98. The van der Waals surface area contributed by atoms with E-state index in [1.54, 1.807) is 0 Å². The maximum Gasteiger partial charge on any atom is 0.116 e. The second-order valence-corrected chi connectivity index (χ2v) is 3.97. The van der Waals surface area contributed by atoms with Crippen LogP contribution in [0, 0.1) is 6.92 Å². The van der Waals surface area contributed by atoms with Gasteiger partial charge in [-0.25, -0.2) is 9.97 Å². The fraction of sp³-hybridized carbons (Fsp3) is 0.167. The number of benzene rings is 1. The van der Waals surface area contributed by atoms with Crippen molar-refractivity contribution in [2.75, 3.05) is 0 Å². The molecule has 0 saturated heterocycles. The van der Waals surface area contributed by atoms with Crippen LogP contribution >= 0.6 is 11.6 Å². The van der Waals surface area contributed by atoms with E-state index in [1.807, 2.05) is 31.2 Å². The van der Waals surface area contributed by atoms with Gasteiger partial charge in [0.1, 0.15) is 6.33 Å². The van der Waals surface area contributed by atoms with E-state index in [2.05, 4.69) is 9.97 Å². The molecule has 0 unspecified atom stereocenters. The van der Waals surface area contributed by atoms with Crippen LogP contribution in [0.3, 0.4) is 0 Å². The molecule has 0 amide bonds. The minimum absolute atomic E-state index is 0.419. The third kappa shape index (κ3) is 2.21. The quantitative estimate of drug-likeness (QED) is 0.868. The maximum atomic E-state index is 5.97. The van der Waals surface area contributed by atoms with Gasteiger partial charge in [-0.15, -0.1) is 0 Å². The summed E-state index contributed by atoms with van der Waals surface area (Å²) in [6, 6.07) is 7.71. The van der Waals surface area contributed by atoms with Crippen LogP contribution in [-0.4, -0.2) is 9.97 Å². The Hall–Kier alpha value is -1.45. The molecular weight excluding hydrogens is 222 g/mol. The minimum Gasteiger partial charge on any atom is -0.325 e. The molecule has 4 heteroatoms. The molecule has 0 fully saturated rings. The van der Waals surface area contributed by atoms with Crippen LogP contribution in [0.5, 0.6) is 0 Å². The number of rotatable bonds is 2. The zero-order valence-electron chi connectivity index (χ0n) is 8.94. The van der Waals surface area contributed by atoms with Gasteiger partial charge >= 0.3 is 0 Å². The molecule has 1 heterocycles. The Kier molecular flexibility index (Phi) is 3.17. The Labute approximate surface area is 99.3 Å². The van der Waals surface area contributed by atoms with Crippen LogP contribution in [-0.2, 0) is 6.54 Å². The van der Waals surface area contributed by atoms with Gasteiger partial charge in [-0.1, -0.05) is 17.7 Å². The third-order valence-electron chi connectivity index (χ3n) is 2.39. The van der Waals surface area contributed by atoms with Gasteiger partial charge in [0.2, 0.25) is 0 Å². The van der Waals surface area contributed by atoms with Crippen LogP contribution in [0.2, 0.25) is 5.02 Å². The molecule has 3 nitrogen and oxygen atoms in total. The van der Waals surface area contributed by atoms with E-state index < -0.39 is 0 Å². The van der Waals surface area contributed by atoms with Gasteiger partial charge in [-0.05, 0) is 30.7 Å². The fourth-order valence-electron chi connectivity index (χ4n) is 1.47. The van der Waals surface area contributed by atoms with Crippen molar-refractivity contribution < 1.29 is 0 Å². The highest BCUT2D eigenvalue weighted by atomic mass is 35.5. The number of halogens is 1. The third-order valence-corrected chi connectivity index (χ3v) is 2.81. The molecule has 0 radical (unpaired) electrons.